The lowest BCUT2D eigenvalue weighted by atomic mass is 10.1. The summed E-state index contributed by atoms with van der Waals surface area (Å²) in [4.78, 5) is 10.2. The topological polar surface area (TPSA) is 113 Å². The van der Waals surface area contributed by atoms with Crippen molar-refractivity contribution in [3.05, 3.63) is 42.0 Å². The molecule has 2 aromatic heterocycles. The number of anilines is 1. The van der Waals surface area contributed by atoms with Crippen LogP contribution in [0.5, 0.6) is 5.88 Å². The Morgan fingerprint density at radius 3 is 2.57 bits per heavy atom. The predicted molar refractivity (Wildman–Crippen MR) is 131 cm³/mol. The largest absolute Gasteiger partial charge is 0.470 e. The molecule has 1 aromatic carbocycles. The number of hydrogen-bond acceptors (Lipinski definition) is 8. The first-order valence-corrected chi connectivity index (χ1v) is 12.1. The molecule has 35 heavy (non-hydrogen) atoms. The Balaban J connectivity index is 0.00000124. The van der Waals surface area contributed by atoms with Crippen molar-refractivity contribution < 1.29 is 24.1 Å². The minimum absolute atomic E-state index is 0.253. The Bertz CT molecular complexity index is 1200. The molecule has 0 spiro atoms. The summed E-state index contributed by atoms with van der Waals surface area (Å²) >= 11 is 0. The molecular formula is C26H30N4O5. The number of nitriles is 1. The third kappa shape index (κ3) is 4.58. The fraction of sp³-hybridized carbons (Fsp3) is 0.462. The number of rotatable bonds is 4. The van der Waals surface area contributed by atoms with Gasteiger partial charge in [-0.05, 0) is 18.2 Å². The quantitative estimate of drug-likeness (QED) is 0.589. The number of nitrogens with zero attached hydrogens (tertiary/aromatic N) is 3. The van der Waals surface area contributed by atoms with Crippen molar-refractivity contribution in [1.82, 2.24) is 9.97 Å². The van der Waals surface area contributed by atoms with Crippen molar-refractivity contribution in [3.63, 3.8) is 0 Å². The molecular weight excluding hydrogens is 448 g/mol. The Labute approximate surface area is 204 Å². The maximum absolute atomic E-state index is 9.92. The maximum atomic E-state index is 9.92. The molecule has 0 aliphatic carbocycles. The predicted octanol–water partition coefficient (Wildman–Crippen LogP) is 2.87. The van der Waals surface area contributed by atoms with Crippen LogP contribution in [0.3, 0.4) is 0 Å². The first-order chi connectivity index (χ1) is 17.2. The number of H-pyrrole nitrogens is 1. The summed E-state index contributed by atoms with van der Waals surface area (Å²) in [7, 11) is 0. The molecule has 5 heterocycles. The van der Waals surface area contributed by atoms with Gasteiger partial charge in [0.25, 0.3) is 0 Å². The van der Waals surface area contributed by atoms with E-state index in [0.717, 1.165) is 43.1 Å². The lowest BCUT2D eigenvalue weighted by Crippen LogP contribution is -2.36. The normalized spacial score (nSPS) is 25.6. The number of hydrogen-bond donors (Lipinski definition) is 2. The molecule has 6 rings (SSSR count). The van der Waals surface area contributed by atoms with E-state index in [1.54, 1.807) is 6.07 Å². The smallest absolute Gasteiger partial charge is 0.193 e. The van der Waals surface area contributed by atoms with Gasteiger partial charge >= 0.3 is 0 Å². The second kappa shape index (κ2) is 10.2. The van der Waals surface area contributed by atoms with Crippen LogP contribution >= 0.6 is 0 Å². The van der Waals surface area contributed by atoms with Crippen LogP contribution in [0.4, 0.5) is 5.69 Å². The van der Waals surface area contributed by atoms with Gasteiger partial charge in [0, 0.05) is 30.4 Å². The molecule has 3 saturated heterocycles. The van der Waals surface area contributed by atoms with Crippen molar-refractivity contribution in [2.45, 2.75) is 38.3 Å². The van der Waals surface area contributed by atoms with E-state index in [4.69, 9.17) is 23.9 Å². The summed E-state index contributed by atoms with van der Waals surface area (Å²) in [5.41, 5.74) is 4.57. The van der Waals surface area contributed by atoms with Gasteiger partial charge in [-0.1, -0.05) is 26.0 Å². The molecule has 0 bridgehead atoms. The third-order valence-corrected chi connectivity index (χ3v) is 6.48. The van der Waals surface area contributed by atoms with Gasteiger partial charge in [0.15, 0.2) is 12.0 Å². The van der Waals surface area contributed by atoms with E-state index < -0.39 is 6.10 Å². The van der Waals surface area contributed by atoms with Crippen molar-refractivity contribution >= 4 is 16.7 Å². The number of benzene rings is 1. The van der Waals surface area contributed by atoms with Crippen LogP contribution in [0.15, 0.2) is 36.4 Å². The average Bonchev–Trinajstić information content (AvgIpc) is 3.61. The van der Waals surface area contributed by atoms with Gasteiger partial charge in [-0.2, -0.15) is 5.26 Å². The summed E-state index contributed by atoms with van der Waals surface area (Å²) in [6.45, 7) is 7.81. The number of pyridine rings is 1. The number of aromatic amines is 1. The van der Waals surface area contributed by atoms with Crippen molar-refractivity contribution in [2.24, 2.45) is 0 Å². The number of aliphatic hydroxyl groups excluding tert-OH is 1. The fourth-order valence-electron chi connectivity index (χ4n) is 4.76. The zero-order valence-electron chi connectivity index (χ0n) is 19.9. The summed E-state index contributed by atoms with van der Waals surface area (Å²) in [6.07, 6.45) is -1.59. The van der Waals surface area contributed by atoms with E-state index in [-0.39, 0.29) is 24.9 Å². The first kappa shape index (κ1) is 23.6. The Morgan fingerprint density at radius 1 is 1.09 bits per heavy atom. The summed E-state index contributed by atoms with van der Waals surface area (Å²) < 4.78 is 22.8. The van der Waals surface area contributed by atoms with E-state index in [9.17, 15) is 10.4 Å². The van der Waals surface area contributed by atoms with E-state index in [1.807, 2.05) is 32.0 Å². The zero-order chi connectivity index (χ0) is 24.4. The van der Waals surface area contributed by atoms with Gasteiger partial charge in [0.1, 0.15) is 24.4 Å². The minimum Gasteiger partial charge on any atom is -0.470 e. The van der Waals surface area contributed by atoms with Crippen LogP contribution in [-0.4, -0.2) is 79.0 Å². The van der Waals surface area contributed by atoms with E-state index >= 15 is 0 Å². The highest BCUT2D eigenvalue weighted by molar-refractivity contribution is 5.84. The van der Waals surface area contributed by atoms with Gasteiger partial charge < -0.3 is 33.9 Å². The van der Waals surface area contributed by atoms with Crippen LogP contribution in [0.2, 0.25) is 0 Å². The molecule has 0 saturated carbocycles. The number of ether oxygens (including phenoxy) is 4. The third-order valence-electron chi connectivity index (χ3n) is 6.48. The van der Waals surface area contributed by atoms with Gasteiger partial charge in [0.2, 0.25) is 0 Å². The molecule has 2 N–H and O–H groups in total. The number of nitrogens with one attached hydrogen (secondary N) is 1. The molecule has 0 amide bonds. The molecule has 3 fully saturated rings. The molecule has 0 radical (unpaired) electrons. The number of aromatic nitrogens is 2. The first-order valence-electron chi connectivity index (χ1n) is 12.1. The van der Waals surface area contributed by atoms with Crippen molar-refractivity contribution in [2.75, 3.05) is 44.4 Å². The number of aliphatic hydroxyl groups is 1. The Hall–Kier alpha value is -3.16. The molecule has 4 atom stereocenters. The van der Waals surface area contributed by atoms with E-state index in [2.05, 4.69) is 28.1 Å². The number of fused-ring (bicyclic) bond motifs is 2. The maximum Gasteiger partial charge on any atom is 0.193 e. The molecule has 184 valence electrons. The SMILES string of the molecule is CC.N#Cc1cc2[nH]c(O[C@@H]3CO[C@H]4C3OC[C@H]4O)cc2nc1-c1ccc(N2CCOCC2)cc1. The van der Waals surface area contributed by atoms with Gasteiger partial charge in [-0.25, -0.2) is 4.98 Å². The van der Waals surface area contributed by atoms with Crippen LogP contribution in [0.1, 0.15) is 19.4 Å². The second-order valence-corrected chi connectivity index (χ2v) is 8.53. The highest BCUT2D eigenvalue weighted by atomic mass is 16.6. The fourth-order valence-corrected chi connectivity index (χ4v) is 4.76. The average molecular weight is 479 g/mol. The standard InChI is InChI=1S/C24H24N4O5.C2H6/c25-11-15-9-17-18(10-21(26-17)33-20-13-32-23-19(29)12-31-24(20)23)27-22(15)14-1-3-16(4-2-14)28-5-7-30-8-6-28;1-2/h1-4,9-10,19-20,23-24,26,29H,5-8,12-13H2;1-2H3/t19-,20-,23-,24?;/m1./s1. The van der Waals surface area contributed by atoms with E-state index in [0.29, 0.717) is 29.3 Å². The minimum atomic E-state index is -0.622. The summed E-state index contributed by atoms with van der Waals surface area (Å²) in [5, 5.41) is 19.7. The zero-order valence-corrected chi connectivity index (χ0v) is 19.9. The van der Waals surface area contributed by atoms with Crippen LogP contribution in [0.25, 0.3) is 22.3 Å². The lowest BCUT2D eigenvalue weighted by molar-refractivity contribution is 0.00794. The Kier molecular flexibility index (Phi) is 6.88. The van der Waals surface area contributed by atoms with Crippen LogP contribution in [-0.2, 0) is 14.2 Å². The van der Waals surface area contributed by atoms with Gasteiger partial charge in [-0.3, -0.25) is 0 Å². The van der Waals surface area contributed by atoms with Gasteiger partial charge in [0.05, 0.1) is 48.7 Å². The molecule has 9 heteroatoms. The molecule has 1 unspecified atom stereocenters. The molecule has 3 aromatic rings. The van der Waals surface area contributed by atoms with Crippen molar-refractivity contribution in [1.29, 1.82) is 5.26 Å². The van der Waals surface area contributed by atoms with Crippen LogP contribution in [0, 0.1) is 11.3 Å². The summed E-state index contributed by atoms with van der Waals surface area (Å²) in [6, 6.07) is 14.0. The lowest BCUT2D eigenvalue weighted by Gasteiger charge is -2.28. The van der Waals surface area contributed by atoms with Crippen LogP contribution < -0.4 is 9.64 Å². The summed E-state index contributed by atoms with van der Waals surface area (Å²) in [5.74, 6) is 0.528. The highest BCUT2D eigenvalue weighted by Crippen LogP contribution is 2.32. The highest BCUT2D eigenvalue weighted by Gasteiger charge is 2.48. The number of morpholine rings is 1. The molecule has 3 aliphatic heterocycles. The monoisotopic (exact) mass is 478 g/mol. The van der Waals surface area contributed by atoms with Crippen molar-refractivity contribution in [3.8, 4) is 23.2 Å². The van der Waals surface area contributed by atoms with Gasteiger partial charge in [-0.15, -0.1) is 0 Å². The van der Waals surface area contributed by atoms with E-state index in [1.165, 1.54) is 0 Å². The Morgan fingerprint density at radius 2 is 1.83 bits per heavy atom. The molecule has 3 aliphatic rings. The second-order valence-electron chi connectivity index (χ2n) is 8.53. The molecule has 9 nitrogen and oxygen atoms in total.